The number of hydrogen-bond acceptors (Lipinski definition) is 4. The number of fused-ring (bicyclic) bond motifs is 3. The second-order valence-electron chi connectivity index (χ2n) is 4.11. The summed E-state index contributed by atoms with van der Waals surface area (Å²) in [5.74, 6) is 1.95. The van der Waals surface area contributed by atoms with E-state index < -0.39 is 0 Å². The molecular weight excluding hydrogens is 202 g/mol. The van der Waals surface area contributed by atoms with Gasteiger partial charge >= 0.3 is 0 Å². The summed E-state index contributed by atoms with van der Waals surface area (Å²) in [5.41, 5.74) is 0.940. The molecule has 0 N–H and O–H groups in total. The first-order valence-corrected chi connectivity index (χ1v) is 5.81. The number of hydrogen-bond donors (Lipinski definition) is 0. The Morgan fingerprint density at radius 3 is 3.25 bits per heavy atom. The molecule has 84 valence electrons. The lowest BCUT2D eigenvalue weighted by atomic mass is 10.2. The summed E-state index contributed by atoms with van der Waals surface area (Å²) in [6.45, 7) is 5.03. The van der Waals surface area contributed by atoms with Gasteiger partial charge < -0.3 is 9.47 Å². The van der Waals surface area contributed by atoms with E-state index in [-0.39, 0.29) is 0 Å². The van der Waals surface area contributed by atoms with Crippen molar-refractivity contribution in [3.63, 3.8) is 0 Å². The number of aliphatic imine (C=N–C) groups is 2. The van der Waals surface area contributed by atoms with Crippen molar-refractivity contribution in [2.24, 2.45) is 9.98 Å². The highest BCUT2D eigenvalue weighted by molar-refractivity contribution is 6.09. The molecule has 5 heteroatoms. The molecule has 1 aromatic rings. The predicted molar refractivity (Wildman–Crippen MR) is 63.4 cm³/mol. The molecule has 3 heterocycles. The maximum absolute atomic E-state index is 4.54. The fourth-order valence-electron chi connectivity index (χ4n) is 2.14. The first-order chi connectivity index (χ1) is 7.90. The van der Waals surface area contributed by atoms with E-state index in [0.717, 1.165) is 49.8 Å². The molecule has 2 aliphatic rings. The number of rotatable bonds is 2. The van der Waals surface area contributed by atoms with Gasteiger partial charge in [0.2, 0.25) is 0 Å². The highest BCUT2D eigenvalue weighted by Gasteiger charge is 2.25. The van der Waals surface area contributed by atoms with E-state index in [4.69, 9.17) is 0 Å². The number of amidine groups is 1. The van der Waals surface area contributed by atoms with E-state index in [9.17, 15) is 0 Å². The average molecular weight is 217 g/mol. The van der Waals surface area contributed by atoms with Crippen LogP contribution in [-0.4, -0.2) is 39.7 Å². The van der Waals surface area contributed by atoms with Crippen LogP contribution < -0.4 is 0 Å². The Balaban J connectivity index is 2.05. The Morgan fingerprint density at radius 2 is 2.38 bits per heavy atom. The summed E-state index contributed by atoms with van der Waals surface area (Å²) in [4.78, 5) is 15.5. The molecule has 0 fully saturated rings. The zero-order valence-corrected chi connectivity index (χ0v) is 9.43. The summed E-state index contributed by atoms with van der Waals surface area (Å²) >= 11 is 0. The van der Waals surface area contributed by atoms with Crippen molar-refractivity contribution < 1.29 is 0 Å². The fraction of sp³-hybridized carbons (Fsp3) is 0.545. The number of imidazole rings is 1. The van der Waals surface area contributed by atoms with Crippen molar-refractivity contribution in [3.05, 3.63) is 12.0 Å². The fourth-order valence-corrected chi connectivity index (χ4v) is 2.14. The average Bonchev–Trinajstić information content (AvgIpc) is 2.73. The van der Waals surface area contributed by atoms with Gasteiger partial charge in [-0.2, -0.15) is 0 Å². The van der Waals surface area contributed by atoms with Gasteiger partial charge in [0.1, 0.15) is 0 Å². The third-order valence-corrected chi connectivity index (χ3v) is 2.90. The minimum absolute atomic E-state index is 0.903. The number of aryl methyl sites for hydroxylation is 1. The molecule has 2 aliphatic heterocycles. The smallest absolute Gasteiger partial charge is 0.165 e. The van der Waals surface area contributed by atoms with Gasteiger partial charge in [-0.15, -0.1) is 0 Å². The van der Waals surface area contributed by atoms with E-state index in [0.29, 0.717) is 0 Å². The van der Waals surface area contributed by atoms with Crippen molar-refractivity contribution in [1.82, 2.24) is 14.5 Å². The molecule has 0 spiro atoms. The maximum Gasteiger partial charge on any atom is 0.165 e. The van der Waals surface area contributed by atoms with Crippen LogP contribution in [0.15, 0.2) is 16.3 Å². The van der Waals surface area contributed by atoms with Crippen molar-refractivity contribution in [2.45, 2.75) is 26.3 Å². The summed E-state index contributed by atoms with van der Waals surface area (Å²) in [7, 11) is 0. The Bertz CT molecular complexity index is 457. The quantitative estimate of drug-likeness (QED) is 0.752. The first kappa shape index (κ1) is 9.57. The molecule has 1 aromatic heterocycles. The van der Waals surface area contributed by atoms with Crippen LogP contribution in [0.1, 0.15) is 25.5 Å². The molecule has 16 heavy (non-hydrogen) atoms. The molecule has 0 atom stereocenters. The van der Waals surface area contributed by atoms with Gasteiger partial charge in [0, 0.05) is 19.6 Å². The van der Waals surface area contributed by atoms with Crippen molar-refractivity contribution in [1.29, 1.82) is 0 Å². The van der Waals surface area contributed by atoms with Crippen molar-refractivity contribution in [2.75, 3.05) is 13.1 Å². The van der Waals surface area contributed by atoms with E-state index in [1.165, 1.54) is 0 Å². The van der Waals surface area contributed by atoms with Gasteiger partial charge in [-0.1, -0.05) is 6.92 Å². The molecule has 0 saturated carbocycles. The largest absolute Gasteiger partial charge is 0.315 e. The van der Waals surface area contributed by atoms with Gasteiger partial charge in [0.05, 0.1) is 12.7 Å². The molecular formula is C11H15N5. The minimum atomic E-state index is 0.903. The highest BCUT2D eigenvalue weighted by atomic mass is 15.3. The predicted octanol–water partition coefficient (Wildman–Crippen LogP) is 1.42. The lowest BCUT2D eigenvalue weighted by Crippen LogP contribution is -2.37. The lowest BCUT2D eigenvalue weighted by Gasteiger charge is -2.27. The van der Waals surface area contributed by atoms with Crippen LogP contribution in [0.25, 0.3) is 0 Å². The molecule has 0 aromatic carbocycles. The summed E-state index contributed by atoms with van der Waals surface area (Å²) in [6.07, 6.45) is 5.94. The molecule has 0 radical (unpaired) electrons. The standard InChI is InChI=1S/C11H15N5/c1-2-5-15-7-13-9-10-12-4-3-6-16(10)8-14-11(9)15/h7-8H,2-6H2,1H3. The van der Waals surface area contributed by atoms with Crippen molar-refractivity contribution in [3.8, 4) is 0 Å². The molecule has 0 aliphatic carbocycles. The molecule has 0 amide bonds. The third kappa shape index (κ3) is 1.35. The molecule has 0 saturated heterocycles. The molecule has 5 nitrogen and oxygen atoms in total. The Morgan fingerprint density at radius 1 is 1.44 bits per heavy atom. The van der Waals surface area contributed by atoms with Gasteiger partial charge in [0.15, 0.2) is 17.3 Å². The van der Waals surface area contributed by atoms with Crippen LogP contribution in [0.2, 0.25) is 0 Å². The first-order valence-electron chi connectivity index (χ1n) is 5.81. The zero-order chi connectivity index (χ0) is 11.0. The summed E-state index contributed by atoms with van der Waals surface area (Å²) in [5, 5.41) is 0. The summed E-state index contributed by atoms with van der Waals surface area (Å²) in [6, 6.07) is 0. The minimum Gasteiger partial charge on any atom is -0.315 e. The van der Waals surface area contributed by atoms with E-state index in [2.05, 4.69) is 31.4 Å². The van der Waals surface area contributed by atoms with Crippen molar-refractivity contribution >= 4 is 18.0 Å². The third-order valence-electron chi connectivity index (χ3n) is 2.90. The molecule has 3 rings (SSSR count). The van der Waals surface area contributed by atoms with E-state index in [1.807, 2.05) is 12.7 Å². The van der Waals surface area contributed by atoms with E-state index in [1.54, 1.807) is 0 Å². The lowest BCUT2D eigenvalue weighted by molar-refractivity contribution is 0.555. The monoisotopic (exact) mass is 217 g/mol. The van der Waals surface area contributed by atoms with Crippen LogP contribution in [0.3, 0.4) is 0 Å². The van der Waals surface area contributed by atoms with Crippen LogP contribution in [0.4, 0.5) is 5.82 Å². The molecule has 0 unspecified atom stereocenters. The molecule has 0 bridgehead atoms. The maximum atomic E-state index is 4.54. The highest BCUT2D eigenvalue weighted by Crippen LogP contribution is 2.25. The number of nitrogens with zero attached hydrogens (tertiary/aromatic N) is 5. The second-order valence-corrected chi connectivity index (χ2v) is 4.11. The van der Waals surface area contributed by atoms with Gasteiger partial charge in [-0.25, -0.2) is 9.98 Å². The Kier molecular flexibility index (Phi) is 2.23. The van der Waals surface area contributed by atoms with Gasteiger partial charge in [-0.05, 0) is 12.8 Å². The van der Waals surface area contributed by atoms with Crippen LogP contribution in [0.5, 0.6) is 0 Å². The topological polar surface area (TPSA) is 45.8 Å². The SMILES string of the molecule is CCCn1cnc2c1N=CN1CCCN=C21. The Hall–Kier alpha value is -1.65. The second kappa shape index (κ2) is 3.73. The Labute approximate surface area is 94.5 Å². The van der Waals surface area contributed by atoms with Crippen LogP contribution >= 0.6 is 0 Å². The zero-order valence-electron chi connectivity index (χ0n) is 9.43. The normalized spacial score (nSPS) is 18.1. The summed E-state index contributed by atoms with van der Waals surface area (Å²) < 4.78 is 2.10. The van der Waals surface area contributed by atoms with Gasteiger partial charge in [0.25, 0.3) is 0 Å². The van der Waals surface area contributed by atoms with Crippen LogP contribution in [0, 0.1) is 0 Å². The van der Waals surface area contributed by atoms with Gasteiger partial charge in [-0.3, -0.25) is 4.99 Å². The number of aromatic nitrogens is 2. The van der Waals surface area contributed by atoms with Crippen LogP contribution in [-0.2, 0) is 6.54 Å². The van der Waals surface area contributed by atoms with E-state index >= 15 is 0 Å².